The van der Waals surface area contributed by atoms with Crippen LogP contribution in [0.4, 0.5) is 5.69 Å². The van der Waals surface area contributed by atoms with E-state index < -0.39 is 0 Å². The maximum absolute atomic E-state index is 11.7. The molecule has 1 saturated carbocycles. The lowest BCUT2D eigenvalue weighted by molar-refractivity contribution is 0.0827. The van der Waals surface area contributed by atoms with Gasteiger partial charge in [0.25, 0.3) is 5.91 Å². The second-order valence-electron chi connectivity index (χ2n) is 4.32. The molecule has 0 heterocycles. The summed E-state index contributed by atoms with van der Waals surface area (Å²) in [6, 6.07) is 5.57. The van der Waals surface area contributed by atoms with Crippen molar-refractivity contribution in [2.75, 3.05) is 19.8 Å². The normalized spacial score (nSPS) is 15.1. The number of carbonyl (C=O) groups is 1. The van der Waals surface area contributed by atoms with Crippen molar-refractivity contribution < 1.29 is 4.79 Å². The maximum Gasteiger partial charge on any atom is 0.253 e. The molecule has 0 saturated heterocycles. The number of carbonyl (C=O) groups excluding carboxylic acids is 1. The number of nitrogens with zero attached hydrogens (tertiary/aromatic N) is 1. The van der Waals surface area contributed by atoms with Crippen LogP contribution in [0.5, 0.6) is 0 Å². The van der Waals surface area contributed by atoms with Crippen LogP contribution in [-0.4, -0.2) is 24.9 Å². The Kier molecular flexibility index (Phi) is 2.39. The number of hydrogen-bond donors (Lipinski definition) is 1. The van der Waals surface area contributed by atoms with Gasteiger partial charge in [-0.15, -0.1) is 0 Å². The van der Waals surface area contributed by atoms with Gasteiger partial charge in [0, 0.05) is 25.3 Å². The van der Waals surface area contributed by atoms with Gasteiger partial charge >= 0.3 is 0 Å². The van der Waals surface area contributed by atoms with E-state index in [4.69, 9.17) is 5.73 Å². The molecule has 0 unspecified atom stereocenters. The molecule has 2 N–H and O–H groups in total. The minimum Gasteiger partial charge on any atom is -0.398 e. The third-order valence-corrected chi connectivity index (χ3v) is 2.76. The van der Waals surface area contributed by atoms with Crippen LogP contribution in [0.2, 0.25) is 0 Å². The fourth-order valence-corrected chi connectivity index (χ4v) is 1.71. The van der Waals surface area contributed by atoms with Crippen LogP contribution in [-0.2, 0) is 0 Å². The van der Waals surface area contributed by atoms with Crippen molar-refractivity contribution in [2.24, 2.45) is 0 Å². The van der Waals surface area contributed by atoms with Gasteiger partial charge in [-0.2, -0.15) is 0 Å². The number of anilines is 1. The molecule has 3 nitrogen and oxygen atoms in total. The number of nitrogens with two attached hydrogens (primary N) is 1. The molecule has 0 radical (unpaired) electrons. The largest absolute Gasteiger partial charge is 0.398 e. The molecule has 1 aliphatic carbocycles. The first-order chi connectivity index (χ1) is 7.09. The van der Waals surface area contributed by atoms with Crippen LogP contribution in [0, 0.1) is 0 Å². The molecule has 1 aromatic carbocycles. The zero-order valence-electron chi connectivity index (χ0n) is 9.16. The first kappa shape index (κ1) is 10.0. The number of benzene rings is 1. The van der Waals surface area contributed by atoms with E-state index in [1.54, 1.807) is 25.1 Å². The van der Waals surface area contributed by atoms with Gasteiger partial charge in [0.2, 0.25) is 0 Å². The molecule has 0 spiro atoms. The minimum absolute atomic E-state index is 0.0388. The zero-order chi connectivity index (χ0) is 11.0. The van der Waals surface area contributed by atoms with E-state index >= 15 is 0 Å². The predicted molar refractivity (Wildman–Crippen MR) is 60.8 cm³/mol. The van der Waals surface area contributed by atoms with Crippen molar-refractivity contribution in [1.82, 2.24) is 4.90 Å². The van der Waals surface area contributed by atoms with Crippen molar-refractivity contribution in [1.29, 1.82) is 0 Å². The van der Waals surface area contributed by atoms with Gasteiger partial charge in [0.1, 0.15) is 0 Å². The highest BCUT2D eigenvalue weighted by Gasteiger charge is 2.26. The van der Waals surface area contributed by atoms with Crippen LogP contribution < -0.4 is 5.73 Å². The number of rotatable bonds is 2. The van der Waals surface area contributed by atoms with Crippen LogP contribution in [0.3, 0.4) is 0 Å². The molecule has 0 atom stereocenters. The third-order valence-electron chi connectivity index (χ3n) is 2.76. The Morgan fingerprint density at radius 3 is 2.60 bits per heavy atom. The molecule has 0 bridgehead atoms. The van der Waals surface area contributed by atoms with E-state index in [0.717, 1.165) is 16.8 Å². The summed E-state index contributed by atoms with van der Waals surface area (Å²) in [6.45, 7) is 0. The van der Waals surface area contributed by atoms with E-state index in [0.29, 0.717) is 5.92 Å². The Hall–Kier alpha value is -1.51. The summed E-state index contributed by atoms with van der Waals surface area (Å²) in [6.07, 6.45) is 2.40. The number of nitrogen functional groups attached to an aromatic ring is 1. The fourth-order valence-electron chi connectivity index (χ4n) is 1.71. The maximum atomic E-state index is 11.7. The Morgan fingerprint density at radius 2 is 2.07 bits per heavy atom. The second kappa shape index (κ2) is 3.57. The van der Waals surface area contributed by atoms with Crippen molar-refractivity contribution in [3.05, 3.63) is 29.3 Å². The average Bonchev–Trinajstić information content (AvgIpc) is 3.01. The average molecular weight is 204 g/mol. The number of amides is 1. The minimum atomic E-state index is 0.0388. The van der Waals surface area contributed by atoms with E-state index in [2.05, 4.69) is 0 Å². The zero-order valence-corrected chi connectivity index (χ0v) is 9.16. The van der Waals surface area contributed by atoms with Crippen LogP contribution in [0.25, 0.3) is 0 Å². The molecule has 2 rings (SSSR count). The van der Waals surface area contributed by atoms with E-state index in [1.165, 1.54) is 12.8 Å². The summed E-state index contributed by atoms with van der Waals surface area (Å²) < 4.78 is 0. The van der Waals surface area contributed by atoms with Gasteiger partial charge in [-0.3, -0.25) is 4.79 Å². The van der Waals surface area contributed by atoms with Gasteiger partial charge < -0.3 is 10.6 Å². The lowest BCUT2D eigenvalue weighted by Gasteiger charge is -2.12. The lowest BCUT2D eigenvalue weighted by atomic mass is 10.0. The Morgan fingerprint density at radius 1 is 1.40 bits per heavy atom. The monoisotopic (exact) mass is 204 g/mol. The van der Waals surface area contributed by atoms with Crippen LogP contribution in [0.15, 0.2) is 18.2 Å². The second-order valence-corrected chi connectivity index (χ2v) is 4.32. The Labute approximate surface area is 89.9 Å². The lowest BCUT2D eigenvalue weighted by Crippen LogP contribution is -2.21. The van der Waals surface area contributed by atoms with Gasteiger partial charge in [0.05, 0.1) is 0 Å². The van der Waals surface area contributed by atoms with E-state index in [9.17, 15) is 4.79 Å². The smallest absolute Gasteiger partial charge is 0.253 e. The number of hydrogen-bond acceptors (Lipinski definition) is 2. The molecular weight excluding hydrogens is 188 g/mol. The molecule has 0 aliphatic heterocycles. The molecule has 0 aromatic heterocycles. The van der Waals surface area contributed by atoms with Gasteiger partial charge in [-0.25, -0.2) is 0 Å². The van der Waals surface area contributed by atoms with Crippen LogP contribution >= 0.6 is 0 Å². The molecule has 1 fully saturated rings. The third kappa shape index (κ3) is 1.96. The summed E-state index contributed by atoms with van der Waals surface area (Å²) >= 11 is 0. The molecule has 3 heteroatoms. The van der Waals surface area contributed by atoms with Crippen molar-refractivity contribution in [3.63, 3.8) is 0 Å². The topological polar surface area (TPSA) is 46.3 Å². The highest BCUT2D eigenvalue weighted by Crippen LogP contribution is 2.42. The van der Waals surface area contributed by atoms with Gasteiger partial charge in [-0.1, -0.05) is 0 Å². The fraction of sp³-hybridized carbons (Fsp3) is 0.417. The highest BCUT2D eigenvalue weighted by molar-refractivity contribution is 5.94. The van der Waals surface area contributed by atoms with E-state index in [-0.39, 0.29) is 5.91 Å². The van der Waals surface area contributed by atoms with Crippen molar-refractivity contribution in [2.45, 2.75) is 18.8 Å². The summed E-state index contributed by atoms with van der Waals surface area (Å²) in [5, 5.41) is 0. The van der Waals surface area contributed by atoms with Gasteiger partial charge in [-0.05, 0) is 42.5 Å². The quantitative estimate of drug-likeness (QED) is 0.747. The first-order valence-corrected chi connectivity index (χ1v) is 5.20. The summed E-state index contributed by atoms with van der Waals surface area (Å²) in [4.78, 5) is 13.3. The summed E-state index contributed by atoms with van der Waals surface area (Å²) in [7, 11) is 3.52. The molecule has 1 aliphatic rings. The van der Waals surface area contributed by atoms with Crippen LogP contribution in [0.1, 0.15) is 34.7 Å². The van der Waals surface area contributed by atoms with Crippen molar-refractivity contribution in [3.8, 4) is 0 Å². The molecule has 1 aromatic rings. The molecule has 1 amide bonds. The highest BCUT2D eigenvalue weighted by atomic mass is 16.2. The molecular formula is C12H16N2O. The predicted octanol–water partition coefficient (Wildman–Crippen LogP) is 1.85. The standard InChI is InChI=1S/C12H16N2O/c1-14(2)12(15)9-5-6-11(13)10(7-9)8-3-4-8/h5-8H,3-4,13H2,1-2H3. The summed E-state index contributed by atoms with van der Waals surface area (Å²) in [5.41, 5.74) is 8.57. The van der Waals surface area contributed by atoms with Gasteiger partial charge in [0.15, 0.2) is 0 Å². The SMILES string of the molecule is CN(C)C(=O)c1ccc(N)c(C2CC2)c1. The molecule has 15 heavy (non-hydrogen) atoms. The summed E-state index contributed by atoms with van der Waals surface area (Å²) in [5.74, 6) is 0.622. The molecule has 80 valence electrons. The Bertz CT molecular complexity index is 395. The van der Waals surface area contributed by atoms with Crippen molar-refractivity contribution >= 4 is 11.6 Å². The Balaban J connectivity index is 2.33. The first-order valence-electron chi connectivity index (χ1n) is 5.20. The van der Waals surface area contributed by atoms with E-state index in [1.807, 2.05) is 12.1 Å².